The fraction of sp³-hybridized carbons (Fsp3) is 0.316. The van der Waals surface area contributed by atoms with Crippen LogP contribution in [0.5, 0.6) is 0 Å². The van der Waals surface area contributed by atoms with Crippen molar-refractivity contribution in [3.63, 3.8) is 0 Å². The number of rotatable bonds is 7. The maximum Gasteiger partial charge on any atom is 0.258 e. The minimum Gasteiger partial charge on any atom is -0.348 e. The van der Waals surface area contributed by atoms with Gasteiger partial charge in [0.2, 0.25) is 5.91 Å². The summed E-state index contributed by atoms with van der Waals surface area (Å²) in [5.41, 5.74) is 1.73. The summed E-state index contributed by atoms with van der Waals surface area (Å²) < 4.78 is 1.53. The second-order valence-electron chi connectivity index (χ2n) is 6.33. The number of fused-ring (bicyclic) bond motifs is 1. The van der Waals surface area contributed by atoms with Gasteiger partial charge in [-0.25, -0.2) is 4.98 Å². The van der Waals surface area contributed by atoms with Crippen LogP contribution in [-0.2, 0) is 10.5 Å². The number of thiazole rings is 1. The molecule has 136 valence electrons. The molecule has 5 nitrogen and oxygen atoms in total. The van der Waals surface area contributed by atoms with E-state index in [2.05, 4.69) is 24.1 Å². The predicted molar refractivity (Wildman–Crippen MR) is 108 cm³/mol. The first kappa shape index (κ1) is 18.7. The molecule has 1 aromatic carbocycles. The monoisotopic (exact) mass is 387 g/mol. The zero-order valence-electron chi connectivity index (χ0n) is 14.7. The van der Waals surface area contributed by atoms with Gasteiger partial charge in [-0.15, -0.1) is 23.1 Å². The van der Waals surface area contributed by atoms with Crippen molar-refractivity contribution in [3.05, 3.63) is 69.6 Å². The summed E-state index contributed by atoms with van der Waals surface area (Å²) in [6, 6.07) is 11.5. The Morgan fingerprint density at radius 2 is 2.08 bits per heavy atom. The van der Waals surface area contributed by atoms with Crippen LogP contribution in [0.3, 0.4) is 0 Å². The Labute approximate surface area is 160 Å². The lowest BCUT2D eigenvalue weighted by atomic mass is 9.96. The molecule has 0 saturated carbocycles. The summed E-state index contributed by atoms with van der Waals surface area (Å²) >= 11 is 2.89. The molecule has 3 rings (SSSR count). The van der Waals surface area contributed by atoms with Crippen LogP contribution in [0.15, 0.2) is 52.8 Å². The molecule has 0 aliphatic rings. The Morgan fingerprint density at radius 1 is 1.31 bits per heavy atom. The molecule has 0 bridgehead atoms. The zero-order chi connectivity index (χ0) is 18.5. The Morgan fingerprint density at radius 3 is 2.81 bits per heavy atom. The number of nitrogens with zero attached hydrogens (tertiary/aromatic N) is 2. The zero-order valence-corrected chi connectivity index (χ0v) is 16.3. The van der Waals surface area contributed by atoms with Crippen molar-refractivity contribution >= 4 is 34.0 Å². The second kappa shape index (κ2) is 8.51. The average Bonchev–Trinajstić information content (AvgIpc) is 3.09. The lowest BCUT2D eigenvalue weighted by Gasteiger charge is -2.22. The molecule has 1 amide bonds. The molecule has 0 aliphatic heterocycles. The minimum absolute atomic E-state index is 0.00506. The molecule has 26 heavy (non-hydrogen) atoms. The van der Waals surface area contributed by atoms with Gasteiger partial charge in [-0.3, -0.25) is 14.0 Å². The van der Waals surface area contributed by atoms with E-state index in [1.165, 1.54) is 33.6 Å². The first-order valence-electron chi connectivity index (χ1n) is 8.42. The molecule has 0 spiro atoms. The van der Waals surface area contributed by atoms with Gasteiger partial charge in [0.15, 0.2) is 4.96 Å². The van der Waals surface area contributed by atoms with Gasteiger partial charge in [0.1, 0.15) is 0 Å². The third-order valence-corrected chi connectivity index (χ3v) is 5.70. The summed E-state index contributed by atoms with van der Waals surface area (Å²) in [7, 11) is 0. The van der Waals surface area contributed by atoms with Crippen molar-refractivity contribution in [2.24, 2.45) is 5.92 Å². The third-order valence-electron chi connectivity index (χ3n) is 3.98. The van der Waals surface area contributed by atoms with Crippen molar-refractivity contribution in [2.75, 3.05) is 5.75 Å². The Balaban J connectivity index is 1.57. The number of benzene rings is 1. The van der Waals surface area contributed by atoms with Gasteiger partial charge in [0, 0.05) is 23.4 Å². The van der Waals surface area contributed by atoms with Crippen molar-refractivity contribution in [3.8, 4) is 0 Å². The highest BCUT2D eigenvalue weighted by Crippen LogP contribution is 2.21. The molecule has 1 N–H and O–H groups in total. The lowest BCUT2D eigenvalue weighted by molar-refractivity contribution is -0.119. The number of amides is 1. The van der Waals surface area contributed by atoms with E-state index in [0.29, 0.717) is 28.1 Å². The van der Waals surface area contributed by atoms with Crippen molar-refractivity contribution in [1.82, 2.24) is 14.7 Å². The fourth-order valence-corrected chi connectivity index (χ4v) is 4.19. The summed E-state index contributed by atoms with van der Waals surface area (Å²) in [4.78, 5) is 29.5. The van der Waals surface area contributed by atoms with E-state index in [1.54, 1.807) is 6.20 Å². The van der Waals surface area contributed by atoms with E-state index < -0.39 is 0 Å². The number of hydrogen-bond acceptors (Lipinski definition) is 5. The summed E-state index contributed by atoms with van der Waals surface area (Å²) in [5.74, 6) is 1.16. The van der Waals surface area contributed by atoms with Crippen LogP contribution < -0.4 is 10.9 Å². The van der Waals surface area contributed by atoms with Gasteiger partial charge in [0.25, 0.3) is 5.56 Å². The minimum atomic E-state index is -0.0831. The maximum absolute atomic E-state index is 12.3. The van der Waals surface area contributed by atoms with Gasteiger partial charge in [-0.2, -0.15) is 0 Å². The smallest absolute Gasteiger partial charge is 0.258 e. The predicted octanol–water partition coefficient (Wildman–Crippen LogP) is 3.50. The standard InChI is InChI=1S/C19H21N3O2S2/c1-13(2)18(14-6-4-3-5-7-14)21-16(23)12-25-11-15-10-17(24)22-8-9-26-19(22)20-15/h3-10,13,18H,11-12H2,1-2H3,(H,21,23). The first-order chi connectivity index (χ1) is 12.5. The average molecular weight is 388 g/mol. The number of nitrogens with one attached hydrogen (secondary N) is 1. The van der Waals surface area contributed by atoms with E-state index >= 15 is 0 Å². The largest absolute Gasteiger partial charge is 0.348 e. The van der Waals surface area contributed by atoms with E-state index in [1.807, 2.05) is 35.7 Å². The summed E-state index contributed by atoms with van der Waals surface area (Å²) in [6.07, 6.45) is 1.72. The molecule has 2 heterocycles. The van der Waals surface area contributed by atoms with Gasteiger partial charge in [-0.1, -0.05) is 44.2 Å². The number of aromatic nitrogens is 2. The molecular formula is C19H21N3O2S2. The highest BCUT2D eigenvalue weighted by Gasteiger charge is 2.18. The normalized spacial score (nSPS) is 12.4. The highest BCUT2D eigenvalue weighted by atomic mass is 32.2. The highest BCUT2D eigenvalue weighted by molar-refractivity contribution is 7.99. The van der Waals surface area contributed by atoms with Crippen molar-refractivity contribution in [2.45, 2.75) is 25.6 Å². The van der Waals surface area contributed by atoms with Crippen LogP contribution in [-0.4, -0.2) is 21.0 Å². The molecule has 7 heteroatoms. The van der Waals surface area contributed by atoms with Gasteiger partial charge in [0.05, 0.1) is 17.5 Å². The molecule has 1 unspecified atom stereocenters. The van der Waals surface area contributed by atoms with Crippen molar-refractivity contribution in [1.29, 1.82) is 0 Å². The molecule has 0 aliphatic carbocycles. The maximum atomic E-state index is 12.3. The summed E-state index contributed by atoms with van der Waals surface area (Å²) in [5, 5.41) is 4.95. The molecule has 0 fully saturated rings. The van der Waals surface area contributed by atoms with Crippen molar-refractivity contribution < 1.29 is 4.79 Å². The van der Waals surface area contributed by atoms with E-state index in [-0.39, 0.29) is 17.5 Å². The van der Waals surface area contributed by atoms with Crippen LogP contribution in [0.25, 0.3) is 4.96 Å². The van der Waals surface area contributed by atoms with Gasteiger partial charge < -0.3 is 5.32 Å². The lowest BCUT2D eigenvalue weighted by Crippen LogP contribution is -2.33. The molecule has 1 atom stereocenters. The Kier molecular flexibility index (Phi) is 6.11. The van der Waals surface area contributed by atoms with E-state index in [9.17, 15) is 9.59 Å². The molecule has 2 aromatic heterocycles. The molecular weight excluding hydrogens is 366 g/mol. The van der Waals surface area contributed by atoms with Crippen LogP contribution in [0.2, 0.25) is 0 Å². The SMILES string of the molecule is CC(C)C(NC(=O)CSCc1cc(=O)n2ccsc2n1)c1ccccc1. The Hall–Kier alpha value is -2.12. The topological polar surface area (TPSA) is 63.5 Å². The van der Waals surface area contributed by atoms with Crippen LogP contribution in [0, 0.1) is 5.92 Å². The molecule has 0 radical (unpaired) electrons. The van der Waals surface area contributed by atoms with E-state index in [4.69, 9.17) is 0 Å². The van der Waals surface area contributed by atoms with Gasteiger partial charge >= 0.3 is 0 Å². The Bertz CT molecular complexity index is 935. The second-order valence-corrected chi connectivity index (χ2v) is 8.19. The fourth-order valence-electron chi connectivity index (χ4n) is 2.72. The quantitative estimate of drug-likeness (QED) is 0.674. The van der Waals surface area contributed by atoms with Crippen LogP contribution in [0.1, 0.15) is 31.1 Å². The van der Waals surface area contributed by atoms with Crippen LogP contribution in [0.4, 0.5) is 0 Å². The summed E-state index contributed by atoms with van der Waals surface area (Å²) in [6.45, 7) is 4.19. The molecule has 0 saturated heterocycles. The third kappa shape index (κ3) is 4.53. The number of thioether (sulfide) groups is 1. The number of carbonyl (C=O) groups is 1. The number of carbonyl (C=O) groups excluding carboxylic acids is 1. The van der Waals surface area contributed by atoms with Crippen LogP contribution >= 0.6 is 23.1 Å². The molecule has 3 aromatic rings. The first-order valence-corrected chi connectivity index (χ1v) is 10.5. The van der Waals surface area contributed by atoms with Gasteiger partial charge in [-0.05, 0) is 11.5 Å². The number of hydrogen-bond donors (Lipinski definition) is 1. The van der Waals surface area contributed by atoms with E-state index in [0.717, 1.165) is 5.56 Å².